The molecule has 1 fully saturated rings. The first-order chi connectivity index (χ1) is 9.45. The Morgan fingerprint density at radius 1 is 1.50 bits per heavy atom. The summed E-state index contributed by atoms with van der Waals surface area (Å²) in [6, 6.07) is 5.75. The van der Waals surface area contributed by atoms with Crippen LogP contribution >= 0.6 is 39.9 Å². The summed E-state index contributed by atoms with van der Waals surface area (Å²) in [6.07, 6.45) is 1.81. The van der Waals surface area contributed by atoms with E-state index in [1.807, 2.05) is 18.2 Å². The van der Waals surface area contributed by atoms with Gasteiger partial charge in [-0.05, 0) is 30.2 Å². The fourth-order valence-electron chi connectivity index (χ4n) is 1.58. The number of thioether (sulfide) groups is 1. The highest BCUT2D eigenvalue weighted by molar-refractivity contribution is 9.10. The highest BCUT2D eigenvalue weighted by Crippen LogP contribution is 2.31. The van der Waals surface area contributed by atoms with E-state index < -0.39 is 0 Å². The predicted octanol–water partition coefficient (Wildman–Crippen LogP) is 3.97. The molecule has 20 heavy (non-hydrogen) atoms. The lowest BCUT2D eigenvalue weighted by molar-refractivity contribution is -0.115. The fraction of sp³-hybridized carbons (Fsp3) is 0.286. The minimum absolute atomic E-state index is 0.158. The lowest BCUT2D eigenvalue weighted by atomic mass is 10.1. The van der Waals surface area contributed by atoms with Crippen molar-refractivity contribution in [2.45, 2.75) is 13.8 Å². The maximum atomic E-state index is 11.7. The topological polar surface area (TPSA) is 38.3 Å². The molecule has 0 saturated carbocycles. The molecular formula is C14H14BrNO2S2. The quantitative estimate of drug-likeness (QED) is 0.641. The molecule has 1 saturated heterocycles. The Bertz CT molecular complexity index is 585. The third-order valence-corrected chi connectivity index (χ3v) is 4.13. The summed E-state index contributed by atoms with van der Waals surface area (Å²) < 4.78 is 7.21. The average Bonchev–Trinajstić information content (AvgIpc) is 2.66. The minimum Gasteiger partial charge on any atom is -0.493 e. The molecule has 1 aromatic rings. The first kappa shape index (κ1) is 15.5. The molecule has 1 aromatic carbocycles. The van der Waals surface area contributed by atoms with Crippen LogP contribution in [0, 0.1) is 5.92 Å². The summed E-state index contributed by atoms with van der Waals surface area (Å²) in [4.78, 5) is 12.3. The van der Waals surface area contributed by atoms with Gasteiger partial charge in [0.25, 0.3) is 5.91 Å². The SMILES string of the molecule is CC(C)COc1ccc(Br)cc1/C=C1/SC(=S)NC1=O. The van der Waals surface area contributed by atoms with Gasteiger partial charge in [0.2, 0.25) is 0 Å². The van der Waals surface area contributed by atoms with Gasteiger partial charge < -0.3 is 10.1 Å². The molecule has 0 unspecified atom stereocenters. The second kappa shape index (κ2) is 6.74. The largest absolute Gasteiger partial charge is 0.493 e. The van der Waals surface area contributed by atoms with Crippen LogP contribution in [0.5, 0.6) is 5.75 Å². The van der Waals surface area contributed by atoms with Crippen LogP contribution in [0.15, 0.2) is 27.6 Å². The summed E-state index contributed by atoms with van der Waals surface area (Å²) in [7, 11) is 0. The zero-order valence-corrected chi connectivity index (χ0v) is 14.3. The Morgan fingerprint density at radius 2 is 2.25 bits per heavy atom. The van der Waals surface area contributed by atoms with E-state index in [-0.39, 0.29) is 5.91 Å². The Balaban J connectivity index is 2.30. The van der Waals surface area contributed by atoms with Crippen molar-refractivity contribution >= 4 is 56.2 Å². The van der Waals surface area contributed by atoms with Crippen molar-refractivity contribution in [2.75, 3.05) is 6.61 Å². The van der Waals surface area contributed by atoms with E-state index in [9.17, 15) is 4.79 Å². The standard InChI is InChI=1S/C14H14BrNO2S2/c1-8(2)7-18-11-4-3-10(15)5-9(11)6-12-13(17)16-14(19)20-12/h3-6,8H,7H2,1-2H3,(H,16,17,19)/b12-6+. The smallest absolute Gasteiger partial charge is 0.263 e. The van der Waals surface area contributed by atoms with E-state index in [0.29, 0.717) is 21.8 Å². The van der Waals surface area contributed by atoms with Crippen LogP contribution in [-0.2, 0) is 4.79 Å². The summed E-state index contributed by atoms with van der Waals surface area (Å²) in [6.45, 7) is 4.82. The molecule has 0 aromatic heterocycles. The first-order valence-corrected chi connectivity index (χ1v) is 8.14. The van der Waals surface area contributed by atoms with Crippen molar-refractivity contribution in [3.05, 3.63) is 33.1 Å². The first-order valence-electron chi connectivity index (χ1n) is 6.13. The van der Waals surface area contributed by atoms with Crippen LogP contribution in [0.1, 0.15) is 19.4 Å². The zero-order chi connectivity index (χ0) is 14.7. The molecule has 0 spiro atoms. The molecule has 1 amide bonds. The summed E-state index contributed by atoms with van der Waals surface area (Å²) in [5.41, 5.74) is 0.863. The Morgan fingerprint density at radius 3 is 2.85 bits per heavy atom. The van der Waals surface area contributed by atoms with E-state index in [1.54, 1.807) is 6.08 Å². The van der Waals surface area contributed by atoms with Gasteiger partial charge in [0.05, 0.1) is 11.5 Å². The van der Waals surface area contributed by atoms with E-state index in [0.717, 1.165) is 15.8 Å². The van der Waals surface area contributed by atoms with Crippen LogP contribution in [0.2, 0.25) is 0 Å². The monoisotopic (exact) mass is 371 g/mol. The van der Waals surface area contributed by atoms with E-state index in [2.05, 4.69) is 35.1 Å². The number of nitrogens with one attached hydrogen (secondary N) is 1. The molecule has 0 radical (unpaired) electrons. The number of carbonyl (C=O) groups is 1. The summed E-state index contributed by atoms with van der Waals surface area (Å²) >= 11 is 9.69. The van der Waals surface area contributed by atoms with Crippen molar-refractivity contribution in [1.82, 2.24) is 5.32 Å². The number of carbonyl (C=O) groups excluding carboxylic acids is 1. The van der Waals surface area contributed by atoms with Gasteiger partial charge in [-0.15, -0.1) is 0 Å². The predicted molar refractivity (Wildman–Crippen MR) is 90.8 cm³/mol. The molecule has 2 rings (SSSR count). The molecule has 1 heterocycles. The maximum Gasteiger partial charge on any atom is 0.263 e. The van der Waals surface area contributed by atoms with Crippen LogP contribution < -0.4 is 10.1 Å². The number of ether oxygens (including phenoxy) is 1. The second-order valence-corrected chi connectivity index (χ2v) is 7.37. The Hall–Kier alpha value is -0.850. The average molecular weight is 372 g/mol. The van der Waals surface area contributed by atoms with Gasteiger partial charge in [-0.1, -0.05) is 53.8 Å². The van der Waals surface area contributed by atoms with Crippen LogP contribution in [0.4, 0.5) is 0 Å². The van der Waals surface area contributed by atoms with E-state index >= 15 is 0 Å². The molecule has 1 aliphatic rings. The third-order valence-electron chi connectivity index (χ3n) is 2.47. The number of benzene rings is 1. The summed E-state index contributed by atoms with van der Waals surface area (Å²) in [5.74, 6) is 1.05. The highest BCUT2D eigenvalue weighted by atomic mass is 79.9. The number of amides is 1. The molecule has 1 N–H and O–H groups in total. The van der Waals surface area contributed by atoms with E-state index in [4.69, 9.17) is 17.0 Å². The summed E-state index contributed by atoms with van der Waals surface area (Å²) in [5, 5.41) is 2.61. The van der Waals surface area contributed by atoms with Crippen molar-refractivity contribution < 1.29 is 9.53 Å². The van der Waals surface area contributed by atoms with Crippen molar-refractivity contribution in [3.63, 3.8) is 0 Å². The maximum absolute atomic E-state index is 11.7. The molecule has 0 atom stereocenters. The molecule has 6 heteroatoms. The Kier molecular flexibility index (Phi) is 5.23. The molecule has 3 nitrogen and oxygen atoms in total. The second-order valence-electron chi connectivity index (χ2n) is 4.74. The van der Waals surface area contributed by atoms with Gasteiger partial charge in [-0.3, -0.25) is 4.79 Å². The number of hydrogen-bond acceptors (Lipinski definition) is 4. The lowest BCUT2D eigenvalue weighted by Gasteiger charge is -2.12. The van der Waals surface area contributed by atoms with Gasteiger partial charge in [0.15, 0.2) is 0 Å². The van der Waals surface area contributed by atoms with Crippen molar-refractivity contribution in [3.8, 4) is 5.75 Å². The van der Waals surface area contributed by atoms with Crippen LogP contribution in [0.3, 0.4) is 0 Å². The number of halogens is 1. The van der Waals surface area contributed by atoms with Gasteiger partial charge in [-0.2, -0.15) is 0 Å². The molecule has 1 aliphatic heterocycles. The van der Waals surface area contributed by atoms with E-state index in [1.165, 1.54) is 11.8 Å². The van der Waals surface area contributed by atoms with Gasteiger partial charge in [-0.25, -0.2) is 0 Å². The number of hydrogen-bond donors (Lipinski definition) is 1. The normalized spacial score (nSPS) is 16.9. The van der Waals surface area contributed by atoms with Gasteiger partial charge in [0.1, 0.15) is 10.1 Å². The molecular weight excluding hydrogens is 358 g/mol. The zero-order valence-electron chi connectivity index (χ0n) is 11.1. The minimum atomic E-state index is -0.158. The Labute approximate surface area is 136 Å². The number of thiocarbonyl (C=S) groups is 1. The molecule has 0 bridgehead atoms. The van der Waals surface area contributed by atoms with Crippen LogP contribution in [0.25, 0.3) is 6.08 Å². The van der Waals surface area contributed by atoms with Crippen molar-refractivity contribution in [1.29, 1.82) is 0 Å². The third kappa shape index (κ3) is 4.07. The van der Waals surface area contributed by atoms with Crippen LogP contribution in [-0.4, -0.2) is 16.8 Å². The van der Waals surface area contributed by atoms with Crippen molar-refractivity contribution in [2.24, 2.45) is 5.92 Å². The van der Waals surface area contributed by atoms with Gasteiger partial charge in [0, 0.05) is 10.0 Å². The number of rotatable bonds is 4. The lowest BCUT2D eigenvalue weighted by Crippen LogP contribution is -2.17. The molecule has 106 valence electrons. The fourth-order valence-corrected chi connectivity index (χ4v) is 3.00. The highest BCUT2D eigenvalue weighted by Gasteiger charge is 2.22. The van der Waals surface area contributed by atoms with Gasteiger partial charge >= 0.3 is 0 Å². The molecule has 0 aliphatic carbocycles.